The second kappa shape index (κ2) is 6.20. The van der Waals surface area contributed by atoms with Gasteiger partial charge in [0.1, 0.15) is 5.82 Å². The highest BCUT2D eigenvalue weighted by Crippen LogP contribution is 2.17. The fraction of sp³-hybridized carbons (Fsp3) is 0.769. The molecule has 2 N–H and O–H groups in total. The van der Waals surface area contributed by atoms with Gasteiger partial charge in [0, 0.05) is 25.3 Å². The van der Waals surface area contributed by atoms with Crippen molar-refractivity contribution in [1.82, 2.24) is 19.6 Å². The van der Waals surface area contributed by atoms with Crippen molar-refractivity contribution in [2.45, 2.75) is 32.4 Å². The summed E-state index contributed by atoms with van der Waals surface area (Å²) in [7, 11) is 2.19. The molecule has 1 fully saturated rings. The number of anilines is 1. The molecule has 1 aromatic heterocycles. The third-order valence-electron chi connectivity index (χ3n) is 3.80. The van der Waals surface area contributed by atoms with Gasteiger partial charge in [-0.1, -0.05) is 6.92 Å². The molecular formula is C13H25N5. The second-order valence-electron chi connectivity index (χ2n) is 5.19. The van der Waals surface area contributed by atoms with Crippen LogP contribution in [0.1, 0.15) is 19.8 Å². The van der Waals surface area contributed by atoms with E-state index in [-0.39, 0.29) is 0 Å². The van der Waals surface area contributed by atoms with Gasteiger partial charge in [-0.25, -0.2) is 0 Å². The van der Waals surface area contributed by atoms with Crippen molar-refractivity contribution in [1.29, 1.82) is 0 Å². The Morgan fingerprint density at radius 2 is 2.39 bits per heavy atom. The van der Waals surface area contributed by atoms with Gasteiger partial charge in [0.05, 0.1) is 6.54 Å². The highest BCUT2D eigenvalue weighted by atomic mass is 15.3. The van der Waals surface area contributed by atoms with Gasteiger partial charge in [-0.15, -0.1) is 0 Å². The molecule has 0 aliphatic carbocycles. The quantitative estimate of drug-likeness (QED) is 0.815. The zero-order valence-corrected chi connectivity index (χ0v) is 11.5. The van der Waals surface area contributed by atoms with Crippen molar-refractivity contribution >= 4 is 5.82 Å². The largest absolute Gasteiger partial charge is 0.382 e. The lowest BCUT2D eigenvalue weighted by Crippen LogP contribution is -2.39. The summed E-state index contributed by atoms with van der Waals surface area (Å²) in [5.74, 6) is 0.602. The molecule has 102 valence electrons. The standard InChI is InChI=1S/C13H25N5/c1-3-17-7-4-5-12(17)11-16(2)9-10-18-8-6-13(14)15-18/h6,8,12H,3-5,7,9-11H2,1-2H3,(H2,14,15). The molecule has 5 nitrogen and oxygen atoms in total. The Kier molecular flexibility index (Phi) is 4.60. The summed E-state index contributed by atoms with van der Waals surface area (Å²) in [5.41, 5.74) is 5.60. The summed E-state index contributed by atoms with van der Waals surface area (Å²) in [6.45, 7) is 7.79. The van der Waals surface area contributed by atoms with Crippen LogP contribution in [-0.4, -0.2) is 58.8 Å². The van der Waals surface area contributed by atoms with Crippen molar-refractivity contribution in [3.8, 4) is 0 Å². The van der Waals surface area contributed by atoms with E-state index >= 15 is 0 Å². The van der Waals surface area contributed by atoms with Crippen LogP contribution in [0.15, 0.2) is 12.3 Å². The van der Waals surface area contributed by atoms with Crippen molar-refractivity contribution in [3.05, 3.63) is 12.3 Å². The van der Waals surface area contributed by atoms with E-state index in [0.29, 0.717) is 5.82 Å². The second-order valence-corrected chi connectivity index (χ2v) is 5.19. The minimum Gasteiger partial charge on any atom is -0.382 e. The van der Waals surface area contributed by atoms with E-state index in [1.807, 2.05) is 16.9 Å². The number of nitrogens with zero attached hydrogens (tertiary/aromatic N) is 4. The van der Waals surface area contributed by atoms with Crippen LogP contribution in [0.5, 0.6) is 0 Å². The normalized spacial score (nSPS) is 20.9. The Labute approximate surface area is 110 Å². The van der Waals surface area contributed by atoms with E-state index in [1.54, 1.807) is 0 Å². The molecule has 5 heteroatoms. The van der Waals surface area contributed by atoms with Crippen LogP contribution < -0.4 is 5.73 Å². The maximum Gasteiger partial charge on any atom is 0.145 e. The van der Waals surface area contributed by atoms with Crippen LogP contribution in [0.3, 0.4) is 0 Å². The number of hydrogen-bond acceptors (Lipinski definition) is 4. The van der Waals surface area contributed by atoms with Gasteiger partial charge in [0.25, 0.3) is 0 Å². The first-order valence-electron chi connectivity index (χ1n) is 6.90. The maximum atomic E-state index is 5.60. The topological polar surface area (TPSA) is 50.3 Å². The molecule has 0 aromatic carbocycles. The summed E-state index contributed by atoms with van der Waals surface area (Å²) >= 11 is 0. The van der Waals surface area contributed by atoms with E-state index in [0.717, 1.165) is 25.7 Å². The van der Waals surface area contributed by atoms with E-state index < -0.39 is 0 Å². The van der Waals surface area contributed by atoms with Crippen LogP contribution in [0.4, 0.5) is 5.82 Å². The summed E-state index contributed by atoms with van der Waals surface area (Å²) < 4.78 is 1.91. The lowest BCUT2D eigenvalue weighted by Gasteiger charge is -2.27. The monoisotopic (exact) mass is 251 g/mol. The SMILES string of the molecule is CCN1CCCC1CN(C)CCn1ccc(N)n1. The molecular weight excluding hydrogens is 226 g/mol. The summed E-state index contributed by atoms with van der Waals surface area (Å²) in [4.78, 5) is 4.99. The van der Waals surface area contributed by atoms with Gasteiger partial charge in [-0.2, -0.15) is 5.10 Å². The molecule has 1 aliphatic heterocycles. The molecule has 2 heterocycles. The number of nitrogens with two attached hydrogens (primary N) is 1. The lowest BCUT2D eigenvalue weighted by molar-refractivity contribution is 0.194. The van der Waals surface area contributed by atoms with Crippen LogP contribution in [-0.2, 0) is 6.54 Å². The molecule has 1 saturated heterocycles. The van der Waals surface area contributed by atoms with E-state index in [1.165, 1.54) is 25.9 Å². The number of hydrogen-bond donors (Lipinski definition) is 1. The molecule has 1 atom stereocenters. The van der Waals surface area contributed by atoms with Crippen molar-refractivity contribution in [3.63, 3.8) is 0 Å². The zero-order chi connectivity index (χ0) is 13.0. The Balaban J connectivity index is 1.73. The number of nitrogen functional groups attached to an aromatic ring is 1. The summed E-state index contributed by atoms with van der Waals surface area (Å²) in [5, 5.41) is 4.20. The number of likely N-dealkylation sites (N-methyl/N-ethyl adjacent to an activating group) is 2. The Hall–Kier alpha value is -1.07. The third-order valence-corrected chi connectivity index (χ3v) is 3.80. The van der Waals surface area contributed by atoms with Crippen molar-refractivity contribution < 1.29 is 0 Å². The zero-order valence-electron chi connectivity index (χ0n) is 11.5. The van der Waals surface area contributed by atoms with Crippen molar-refractivity contribution in [2.75, 3.05) is 39.0 Å². The molecule has 1 aliphatic rings. The van der Waals surface area contributed by atoms with Gasteiger partial charge in [-0.3, -0.25) is 9.58 Å². The molecule has 18 heavy (non-hydrogen) atoms. The predicted molar refractivity (Wildman–Crippen MR) is 74.4 cm³/mol. The van der Waals surface area contributed by atoms with Crippen LogP contribution in [0.2, 0.25) is 0 Å². The average Bonchev–Trinajstić information content (AvgIpc) is 2.95. The molecule has 1 aromatic rings. The molecule has 2 rings (SSSR count). The Morgan fingerprint density at radius 3 is 3.06 bits per heavy atom. The number of aromatic nitrogens is 2. The molecule has 0 bridgehead atoms. The van der Waals surface area contributed by atoms with E-state index in [4.69, 9.17) is 5.73 Å². The highest BCUT2D eigenvalue weighted by Gasteiger charge is 2.23. The first-order valence-corrected chi connectivity index (χ1v) is 6.90. The van der Waals surface area contributed by atoms with Gasteiger partial charge in [0.15, 0.2) is 0 Å². The molecule has 0 radical (unpaired) electrons. The Morgan fingerprint density at radius 1 is 1.56 bits per heavy atom. The predicted octanol–water partition coefficient (Wildman–Crippen LogP) is 0.881. The summed E-state index contributed by atoms with van der Waals surface area (Å²) in [6, 6.07) is 2.58. The fourth-order valence-corrected chi connectivity index (χ4v) is 2.74. The number of rotatable bonds is 6. The van der Waals surface area contributed by atoms with E-state index in [2.05, 4.69) is 28.9 Å². The van der Waals surface area contributed by atoms with Crippen LogP contribution in [0, 0.1) is 0 Å². The van der Waals surface area contributed by atoms with Gasteiger partial charge >= 0.3 is 0 Å². The maximum absolute atomic E-state index is 5.60. The lowest BCUT2D eigenvalue weighted by atomic mass is 10.2. The third kappa shape index (κ3) is 3.46. The molecule has 0 amide bonds. The Bertz CT molecular complexity index is 362. The minimum atomic E-state index is 0.602. The molecule has 0 spiro atoms. The van der Waals surface area contributed by atoms with Gasteiger partial charge in [-0.05, 0) is 39.0 Å². The van der Waals surface area contributed by atoms with E-state index in [9.17, 15) is 0 Å². The molecule has 0 saturated carbocycles. The van der Waals surface area contributed by atoms with Gasteiger partial charge in [0.2, 0.25) is 0 Å². The van der Waals surface area contributed by atoms with Gasteiger partial charge < -0.3 is 10.6 Å². The number of likely N-dealkylation sites (tertiary alicyclic amines) is 1. The van der Waals surface area contributed by atoms with Crippen LogP contribution >= 0.6 is 0 Å². The smallest absolute Gasteiger partial charge is 0.145 e. The minimum absolute atomic E-state index is 0.602. The first-order chi connectivity index (χ1) is 8.69. The average molecular weight is 251 g/mol. The highest BCUT2D eigenvalue weighted by molar-refractivity contribution is 5.23. The summed E-state index contributed by atoms with van der Waals surface area (Å²) in [6.07, 6.45) is 4.63. The van der Waals surface area contributed by atoms with Crippen molar-refractivity contribution in [2.24, 2.45) is 0 Å². The molecule has 1 unspecified atom stereocenters. The first kappa shape index (κ1) is 13.4. The van der Waals surface area contributed by atoms with Crippen LogP contribution in [0.25, 0.3) is 0 Å². The fourth-order valence-electron chi connectivity index (χ4n) is 2.74.